The average Bonchev–Trinajstić information content (AvgIpc) is 3.54. The van der Waals surface area contributed by atoms with Gasteiger partial charge in [-0.15, -0.1) is 0 Å². The topological polar surface area (TPSA) is 148 Å². The van der Waals surface area contributed by atoms with Crippen molar-refractivity contribution in [3.8, 4) is 11.1 Å². The predicted octanol–water partition coefficient (Wildman–Crippen LogP) is 4.19. The highest BCUT2D eigenvalue weighted by Crippen LogP contribution is 2.44. The van der Waals surface area contributed by atoms with Gasteiger partial charge in [-0.1, -0.05) is 61.4 Å². The first-order valence-electron chi connectivity index (χ1n) is 13.3. The number of alkyl carbamates (subject to hydrolysis) is 1. The molecule has 0 bridgehead atoms. The highest BCUT2D eigenvalue weighted by Gasteiger charge is 2.35. The minimum Gasteiger partial charge on any atom is -0.481 e. The lowest BCUT2D eigenvalue weighted by molar-refractivity contribution is -0.144. The van der Waals surface area contributed by atoms with Gasteiger partial charge < -0.3 is 26.2 Å². The largest absolute Gasteiger partial charge is 0.481 e. The number of hydrogen-bond donors (Lipinski definition) is 4. The number of nitrogens with one attached hydrogen (secondary N) is 2. The molecular weight excluding hydrogens is 486 g/mol. The maximum atomic E-state index is 13.3. The van der Waals surface area contributed by atoms with Crippen molar-refractivity contribution in [1.82, 2.24) is 10.6 Å². The van der Waals surface area contributed by atoms with Gasteiger partial charge in [0.15, 0.2) is 5.78 Å². The van der Waals surface area contributed by atoms with E-state index in [1.807, 2.05) is 36.4 Å². The number of carboxylic acids is 1. The third-order valence-electron chi connectivity index (χ3n) is 7.66. The van der Waals surface area contributed by atoms with Crippen molar-refractivity contribution in [2.24, 2.45) is 17.6 Å². The minimum atomic E-state index is -1.08. The van der Waals surface area contributed by atoms with E-state index in [9.17, 15) is 24.3 Å². The SMILES string of the molecule is NC(=O)NCCC[C@H](CC(=O)[C@@H](NC(=O)OCC1c2ccccc2-c2ccccc21)C1CCCC1)C(=O)O. The van der Waals surface area contributed by atoms with E-state index in [2.05, 4.69) is 22.8 Å². The molecule has 1 fully saturated rings. The summed E-state index contributed by atoms with van der Waals surface area (Å²) in [6.45, 7) is 0.368. The number of carboxylic acid groups (broad SMARTS) is 1. The molecule has 38 heavy (non-hydrogen) atoms. The Labute approximate surface area is 222 Å². The van der Waals surface area contributed by atoms with Crippen LogP contribution in [-0.2, 0) is 14.3 Å². The molecule has 2 aliphatic carbocycles. The molecule has 2 aliphatic rings. The van der Waals surface area contributed by atoms with Crippen LogP contribution in [0.15, 0.2) is 48.5 Å². The summed E-state index contributed by atoms with van der Waals surface area (Å²) in [6, 6.07) is 14.6. The van der Waals surface area contributed by atoms with Gasteiger partial charge in [0.25, 0.3) is 0 Å². The summed E-state index contributed by atoms with van der Waals surface area (Å²) in [4.78, 5) is 48.9. The first kappa shape index (κ1) is 27.2. The second kappa shape index (κ2) is 12.6. The summed E-state index contributed by atoms with van der Waals surface area (Å²) in [5.74, 6) is -2.44. The number of rotatable bonds is 12. The van der Waals surface area contributed by atoms with Crippen LogP contribution in [0.4, 0.5) is 9.59 Å². The number of ketones is 1. The molecule has 2 aromatic carbocycles. The standard InChI is InChI=1S/C29H35N3O6/c30-28(36)31-15-7-10-19(27(34)35)16-25(33)26(18-8-1-2-9-18)32-29(37)38-17-24-22-13-5-3-11-20(22)21-12-4-6-14-23(21)24/h3-6,11-14,18-19,24,26H,1-2,7-10,15-17H2,(H,32,37)(H,34,35)(H3,30,31,36)/t19-,26+/m1/s1. The predicted molar refractivity (Wildman–Crippen MR) is 142 cm³/mol. The van der Waals surface area contributed by atoms with Gasteiger partial charge >= 0.3 is 18.1 Å². The van der Waals surface area contributed by atoms with Crippen LogP contribution in [0.2, 0.25) is 0 Å². The number of hydrogen-bond acceptors (Lipinski definition) is 5. The van der Waals surface area contributed by atoms with Gasteiger partial charge in [-0.05, 0) is 53.9 Å². The molecule has 2 aromatic rings. The Morgan fingerprint density at radius 2 is 1.58 bits per heavy atom. The summed E-state index contributed by atoms with van der Waals surface area (Å²) in [6.07, 6.45) is 3.22. The van der Waals surface area contributed by atoms with Crippen molar-refractivity contribution in [2.75, 3.05) is 13.2 Å². The van der Waals surface area contributed by atoms with Crippen molar-refractivity contribution in [3.05, 3.63) is 59.7 Å². The zero-order chi connectivity index (χ0) is 27.1. The fourth-order valence-corrected chi connectivity index (χ4v) is 5.76. The number of Topliss-reactive ketones (excluding diaryl/α,β-unsaturated/α-hetero) is 1. The molecule has 0 saturated heterocycles. The molecule has 4 rings (SSSR count). The van der Waals surface area contributed by atoms with Crippen LogP contribution in [0.3, 0.4) is 0 Å². The van der Waals surface area contributed by atoms with Crippen LogP contribution >= 0.6 is 0 Å². The Morgan fingerprint density at radius 1 is 0.974 bits per heavy atom. The molecule has 2 atom stereocenters. The number of primary amides is 1. The zero-order valence-electron chi connectivity index (χ0n) is 21.4. The maximum Gasteiger partial charge on any atom is 0.407 e. The molecule has 9 nitrogen and oxygen atoms in total. The lowest BCUT2D eigenvalue weighted by Gasteiger charge is -2.25. The summed E-state index contributed by atoms with van der Waals surface area (Å²) in [5, 5.41) is 14.9. The van der Waals surface area contributed by atoms with Gasteiger partial charge in [-0.2, -0.15) is 0 Å². The van der Waals surface area contributed by atoms with Crippen molar-refractivity contribution < 1.29 is 29.0 Å². The van der Waals surface area contributed by atoms with Crippen LogP contribution in [0.1, 0.15) is 62.0 Å². The van der Waals surface area contributed by atoms with Crippen LogP contribution in [0, 0.1) is 11.8 Å². The number of carbonyl (C=O) groups excluding carboxylic acids is 3. The van der Waals surface area contributed by atoms with Crippen molar-refractivity contribution in [2.45, 2.75) is 56.9 Å². The van der Waals surface area contributed by atoms with Gasteiger partial charge in [0.1, 0.15) is 6.61 Å². The first-order chi connectivity index (χ1) is 18.3. The van der Waals surface area contributed by atoms with Gasteiger partial charge in [0.05, 0.1) is 12.0 Å². The van der Waals surface area contributed by atoms with Crippen molar-refractivity contribution in [1.29, 1.82) is 0 Å². The average molecular weight is 522 g/mol. The van der Waals surface area contributed by atoms with E-state index in [4.69, 9.17) is 10.5 Å². The number of fused-ring (bicyclic) bond motifs is 3. The molecule has 0 spiro atoms. The third kappa shape index (κ3) is 6.51. The lowest BCUT2D eigenvalue weighted by atomic mass is 9.88. The zero-order valence-corrected chi connectivity index (χ0v) is 21.4. The second-order valence-electron chi connectivity index (χ2n) is 10.1. The maximum absolute atomic E-state index is 13.3. The van der Waals surface area contributed by atoms with Crippen LogP contribution in [-0.4, -0.2) is 48.2 Å². The van der Waals surface area contributed by atoms with E-state index in [0.29, 0.717) is 6.42 Å². The number of amides is 3. The van der Waals surface area contributed by atoms with Gasteiger partial charge in [-0.3, -0.25) is 9.59 Å². The summed E-state index contributed by atoms with van der Waals surface area (Å²) in [5.41, 5.74) is 9.49. The molecule has 202 valence electrons. The Kier molecular flexibility index (Phi) is 8.99. The summed E-state index contributed by atoms with van der Waals surface area (Å²) >= 11 is 0. The molecule has 0 unspecified atom stereocenters. The first-order valence-corrected chi connectivity index (χ1v) is 13.3. The van der Waals surface area contributed by atoms with E-state index in [0.717, 1.165) is 47.9 Å². The van der Waals surface area contributed by atoms with Gasteiger partial charge in [0, 0.05) is 18.9 Å². The Bertz CT molecular complexity index is 1130. The normalized spacial score (nSPS) is 16.2. The molecule has 0 radical (unpaired) electrons. The monoisotopic (exact) mass is 521 g/mol. The molecule has 1 saturated carbocycles. The molecule has 3 amide bonds. The van der Waals surface area contributed by atoms with Crippen molar-refractivity contribution >= 4 is 23.9 Å². The summed E-state index contributed by atoms with van der Waals surface area (Å²) in [7, 11) is 0. The quantitative estimate of drug-likeness (QED) is 0.308. The molecule has 0 heterocycles. The molecule has 9 heteroatoms. The minimum absolute atomic E-state index is 0.0473. The molecule has 0 aliphatic heterocycles. The van der Waals surface area contributed by atoms with Crippen LogP contribution < -0.4 is 16.4 Å². The Morgan fingerprint density at radius 3 is 2.16 bits per heavy atom. The number of benzene rings is 2. The lowest BCUT2D eigenvalue weighted by Crippen LogP contribution is -2.46. The van der Waals surface area contributed by atoms with E-state index < -0.39 is 30.1 Å². The fourth-order valence-electron chi connectivity index (χ4n) is 5.76. The van der Waals surface area contributed by atoms with Crippen LogP contribution in [0.5, 0.6) is 0 Å². The highest BCUT2D eigenvalue weighted by atomic mass is 16.5. The highest BCUT2D eigenvalue weighted by molar-refractivity contribution is 5.90. The van der Waals surface area contributed by atoms with Crippen LogP contribution in [0.25, 0.3) is 11.1 Å². The number of nitrogens with two attached hydrogens (primary N) is 1. The van der Waals surface area contributed by atoms with E-state index in [1.165, 1.54) is 0 Å². The van der Waals surface area contributed by atoms with Gasteiger partial charge in [-0.25, -0.2) is 9.59 Å². The van der Waals surface area contributed by atoms with Gasteiger partial charge in [0.2, 0.25) is 0 Å². The molecular formula is C29H35N3O6. The Balaban J connectivity index is 1.39. The number of ether oxygens (including phenoxy) is 1. The third-order valence-corrected chi connectivity index (χ3v) is 7.66. The van der Waals surface area contributed by atoms with E-state index >= 15 is 0 Å². The second-order valence-corrected chi connectivity index (χ2v) is 10.1. The Hall–Kier alpha value is -3.88. The molecule has 0 aromatic heterocycles. The van der Waals surface area contributed by atoms with E-state index in [1.54, 1.807) is 0 Å². The summed E-state index contributed by atoms with van der Waals surface area (Å²) < 4.78 is 5.66. The number of aliphatic carboxylic acids is 1. The molecule has 5 N–H and O–H groups in total. The fraction of sp³-hybridized carbons (Fsp3) is 0.448. The number of carbonyl (C=O) groups is 4. The number of urea groups is 1. The van der Waals surface area contributed by atoms with Crippen molar-refractivity contribution in [3.63, 3.8) is 0 Å². The van der Waals surface area contributed by atoms with E-state index in [-0.39, 0.29) is 43.6 Å². The smallest absolute Gasteiger partial charge is 0.407 e.